The lowest BCUT2D eigenvalue weighted by atomic mass is 10.0. The number of hydrogen-bond donors (Lipinski definition) is 0. The Hall–Kier alpha value is -2.55. The first-order valence-electron chi connectivity index (χ1n) is 10.4. The van der Waals surface area contributed by atoms with Gasteiger partial charge in [-0.25, -0.2) is 9.59 Å². The molecule has 164 valence electrons. The van der Waals surface area contributed by atoms with Crippen molar-refractivity contribution in [3.8, 4) is 11.5 Å². The zero-order valence-electron chi connectivity index (χ0n) is 17.6. The van der Waals surface area contributed by atoms with E-state index in [9.17, 15) is 9.59 Å². The zero-order chi connectivity index (χ0) is 22.2. The van der Waals surface area contributed by atoms with Gasteiger partial charge in [0.15, 0.2) is 5.75 Å². The average Bonchev–Trinajstić information content (AvgIpc) is 2.76. The normalized spacial score (nSPS) is 10.8. The van der Waals surface area contributed by atoms with Crippen molar-refractivity contribution in [3.63, 3.8) is 0 Å². The molecule has 0 saturated carbocycles. The fraction of sp³-hybridized carbons (Fsp3) is 0.333. The highest BCUT2D eigenvalue weighted by Gasteiger charge is 2.21. The molecule has 0 aliphatic rings. The van der Waals surface area contributed by atoms with Crippen LogP contribution in [0.3, 0.4) is 0 Å². The SMILES string of the molecule is CCCCOC(=O)Oc1c2ccccc2c(OC(=O)OCCCC)c2cc(I)ccc12. The summed E-state index contributed by atoms with van der Waals surface area (Å²) in [6.45, 7) is 4.63. The first kappa shape index (κ1) is 23.1. The highest BCUT2D eigenvalue weighted by atomic mass is 127. The van der Waals surface area contributed by atoms with Crippen LogP contribution in [0, 0.1) is 3.57 Å². The van der Waals surface area contributed by atoms with Crippen molar-refractivity contribution in [2.24, 2.45) is 0 Å². The molecule has 0 bridgehead atoms. The molecule has 0 aromatic heterocycles. The van der Waals surface area contributed by atoms with Crippen molar-refractivity contribution in [2.75, 3.05) is 13.2 Å². The molecule has 0 amide bonds. The van der Waals surface area contributed by atoms with Crippen molar-refractivity contribution in [2.45, 2.75) is 39.5 Å². The molecule has 3 aromatic rings. The molecule has 0 aliphatic heterocycles. The number of carbonyl (C=O) groups excluding carboxylic acids is 2. The summed E-state index contributed by atoms with van der Waals surface area (Å²) in [6.07, 6.45) is 1.84. The van der Waals surface area contributed by atoms with Gasteiger partial charge >= 0.3 is 12.3 Å². The minimum atomic E-state index is -0.758. The second kappa shape index (κ2) is 11.2. The fourth-order valence-corrected chi connectivity index (χ4v) is 3.61. The van der Waals surface area contributed by atoms with Gasteiger partial charge < -0.3 is 18.9 Å². The second-order valence-corrected chi connectivity index (χ2v) is 8.25. The van der Waals surface area contributed by atoms with Crippen LogP contribution in [0.25, 0.3) is 21.5 Å². The molecule has 0 atom stereocenters. The van der Waals surface area contributed by atoms with Gasteiger partial charge in [0, 0.05) is 25.1 Å². The Balaban J connectivity index is 2.07. The molecular weight excluding hydrogens is 511 g/mol. The molecule has 7 heteroatoms. The van der Waals surface area contributed by atoms with E-state index in [-0.39, 0.29) is 0 Å². The lowest BCUT2D eigenvalue weighted by Gasteiger charge is -2.16. The smallest absolute Gasteiger partial charge is 0.434 e. The summed E-state index contributed by atoms with van der Waals surface area (Å²) in [6, 6.07) is 12.9. The number of hydrogen-bond acceptors (Lipinski definition) is 6. The van der Waals surface area contributed by atoms with Crippen LogP contribution in [0.1, 0.15) is 39.5 Å². The van der Waals surface area contributed by atoms with E-state index in [2.05, 4.69) is 22.6 Å². The number of carbonyl (C=O) groups is 2. The summed E-state index contributed by atoms with van der Waals surface area (Å²) < 4.78 is 22.6. The highest BCUT2D eigenvalue weighted by Crippen LogP contribution is 2.43. The first-order valence-corrected chi connectivity index (χ1v) is 11.5. The molecule has 0 heterocycles. The van der Waals surface area contributed by atoms with E-state index in [1.807, 2.05) is 56.3 Å². The standard InChI is InChI=1S/C24H25IO6/c1-3-5-13-28-23(26)30-21-17-9-7-8-10-18(17)22(31-24(27)29-14-6-4-2)20-15-16(25)11-12-19(20)21/h7-12,15H,3-6,13-14H2,1-2H3. The van der Waals surface area contributed by atoms with Crippen LogP contribution in [0.4, 0.5) is 9.59 Å². The third kappa shape index (κ3) is 5.78. The quantitative estimate of drug-likeness (QED) is 0.0995. The van der Waals surface area contributed by atoms with E-state index in [0.29, 0.717) is 46.3 Å². The Morgan fingerprint density at radius 1 is 0.742 bits per heavy atom. The molecule has 0 spiro atoms. The maximum atomic E-state index is 12.3. The van der Waals surface area contributed by atoms with Crippen LogP contribution in [-0.4, -0.2) is 25.5 Å². The second-order valence-electron chi connectivity index (χ2n) is 7.00. The van der Waals surface area contributed by atoms with Crippen molar-refractivity contribution < 1.29 is 28.5 Å². The van der Waals surface area contributed by atoms with E-state index in [1.165, 1.54) is 0 Å². The van der Waals surface area contributed by atoms with E-state index >= 15 is 0 Å². The minimum Gasteiger partial charge on any atom is -0.434 e. The summed E-state index contributed by atoms with van der Waals surface area (Å²) in [5.74, 6) is 0.743. The van der Waals surface area contributed by atoms with E-state index in [1.54, 1.807) is 0 Å². The van der Waals surface area contributed by atoms with Crippen molar-refractivity contribution in [1.82, 2.24) is 0 Å². The fourth-order valence-electron chi connectivity index (χ4n) is 3.12. The van der Waals surface area contributed by atoms with Crippen LogP contribution < -0.4 is 9.47 Å². The molecule has 31 heavy (non-hydrogen) atoms. The maximum Gasteiger partial charge on any atom is 0.513 e. The number of ether oxygens (including phenoxy) is 4. The number of unbranched alkanes of at least 4 members (excludes halogenated alkanes) is 2. The third-order valence-electron chi connectivity index (χ3n) is 4.69. The Bertz CT molecular complexity index is 1080. The molecule has 0 unspecified atom stereocenters. The average molecular weight is 536 g/mol. The summed E-state index contributed by atoms with van der Waals surface area (Å²) >= 11 is 2.19. The Kier molecular flexibility index (Phi) is 8.34. The Labute approximate surface area is 194 Å². The van der Waals surface area contributed by atoms with Gasteiger partial charge in [-0.05, 0) is 53.6 Å². The third-order valence-corrected chi connectivity index (χ3v) is 5.36. The summed E-state index contributed by atoms with van der Waals surface area (Å²) in [5.41, 5.74) is 0. The first-order chi connectivity index (χ1) is 15.0. The van der Waals surface area contributed by atoms with Gasteiger partial charge in [0.2, 0.25) is 0 Å². The van der Waals surface area contributed by atoms with Crippen LogP contribution in [-0.2, 0) is 9.47 Å². The van der Waals surface area contributed by atoms with Gasteiger partial charge in [-0.1, -0.05) is 51.0 Å². The number of benzene rings is 3. The van der Waals surface area contributed by atoms with Crippen molar-refractivity contribution in [1.29, 1.82) is 0 Å². The van der Waals surface area contributed by atoms with Crippen molar-refractivity contribution >= 4 is 56.4 Å². The summed E-state index contributed by atoms with van der Waals surface area (Å²) in [5, 5.41) is 2.57. The number of fused-ring (bicyclic) bond motifs is 2. The van der Waals surface area contributed by atoms with E-state index < -0.39 is 12.3 Å². The van der Waals surface area contributed by atoms with Crippen LogP contribution >= 0.6 is 22.6 Å². The minimum absolute atomic E-state index is 0.299. The van der Waals surface area contributed by atoms with E-state index in [0.717, 1.165) is 29.3 Å². The van der Waals surface area contributed by atoms with Gasteiger partial charge in [-0.3, -0.25) is 0 Å². The topological polar surface area (TPSA) is 71.1 Å². The molecule has 0 fully saturated rings. The molecule has 6 nitrogen and oxygen atoms in total. The molecule has 0 N–H and O–H groups in total. The maximum absolute atomic E-state index is 12.3. The predicted octanol–water partition coefficient (Wildman–Crippen LogP) is 7.23. The highest BCUT2D eigenvalue weighted by molar-refractivity contribution is 14.1. The molecule has 0 saturated heterocycles. The van der Waals surface area contributed by atoms with Gasteiger partial charge in [-0.15, -0.1) is 0 Å². The van der Waals surface area contributed by atoms with Crippen LogP contribution in [0.5, 0.6) is 11.5 Å². The van der Waals surface area contributed by atoms with Crippen LogP contribution in [0.2, 0.25) is 0 Å². The van der Waals surface area contributed by atoms with Gasteiger partial charge in [0.1, 0.15) is 5.75 Å². The Morgan fingerprint density at radius 2 is 1.23 bits per heavy atom. The van der Waals surface area contributed by atoms with Gasteiger partial charge in [0.25, 0.3) is 0 Å². The van der Waals surface area contributed by atoms with E-state index in [4.69, 9.17) is 18.9 Å². The molecular formula is C24H25IO6. The molecule has 0 radical (unpaired) electrons. The molecule has 3 aromatic carbocycles. The monoisotopic (exact) mass is 536 g/mol. The Morgan fingerprint density at radius 3 is 1.74 bits per heavy atom. The number of rotatable bonds is 8. The lowest BCUT2D eigenvalue weighted by molar-refractivity contribution is 0.0970. The molecule has 3 rings (SSSR count). The van der Waals surface area contributed by atoms with Crippen molar-refractivity contribution in [3.05, 3.63) is 46.0 Å². The van der Waals surface area contributed by atoms with Gasteiger partial charge in [-0.2, -0.15) is 0 Å². The zero-order valence-corrected chi connectivity index (χ0v) is 19.8. The van der Waals surface area contributed by atoms with Gasteiger partial charge in [0.05, 0.1) is 13.2 Å². The van der Waals surface area contributed by atoms with Crippen LogP contribution in [0.15, 0.2) is 42.5 Å². The predicted molar refractivity (Wildman–Crippen MR) is 128 cm³/mol. The summed E-state index contributed by atoms with van der Waals surface area (Å²) in [4.78, 5) is 24.6. The summed E-state index contributed by atoms with van der Waals surface area (Å²) in [7, 11) is 0. The largest absolute Gasteiger partial charge is 0.513 e. The lowest BCUT2D eigenvalue weighted by Crippen LogP contribution is -2.13. The molecule has 0 aliphatic carbocycles. The number of halogens is 1.